The van der Waals surface area contributed by atoms with E-state index >= 15 is 0 Å². The Morgan fingerprint density at radius 3 is 2.70 bits per heavy atom. The molecule has 1 atom stereocenters. The third-order valence-corrected chi connectivity index (χ3v) is 3.61. The molecule has 20 heavy (non-hydrogen) atoms. The van der Waals surface area contributed by atoms with Crippen molar-refractivity contribution in [3.63, 3.8) is 0 Å². The van der Waals surface area contributed by atoms with Crippen LogP contribution in [-0.2, 0) is 4.74 Å². The Morgan fingerprint density at radius 2 is 2.10 bits per heavy atom. The van der Waals surface area contributed by atoms with E-state index in [1.54, 1.807) is 7.11 Å². The second kappa shape index (κ2) is 8.06. The van der Waals surface area contributed by atoms with Crippen LogP contribution in [0.1, 0.15) is 30.4 Å². The Kier molecular flexibility index (Phi) is 6.74. The van der Waals surface area contributed by atoms with Crippen molar-refractivity contribution < 1.29 is 9.53 Å². The van der Waals surface area contributed by atoms with Crippen LogP contribution in [0.3, 0.4) is 0 Å². The van der Waals surface area contributed by atoms with Gasteiger partial charge in [0.15, 0.2) is 5.13 Å². The molecule has 4 N–H and O–H groups in total. The molecular weight excluding hydrogens is 276 g/mol. The zero-order chi connectivity index (χ0) is 15.1. The van der Waals surface area contributed by atoms with Gasteiger partial charge in [-0.2, -0.15) is 0 Å². The minimum Gasteiger partial charge on any atom is -0.384 e. The van der Waals surface area contributed by atoms with E-state index in [2.05, 4.69) is 29.5 Å². The van der Waals surface area contributed by atoms with Gasteiger partial charge < -0.3 is 21.1 Å². The molecule has 1 amide bonds. The number of rotatable bonds is 8. The molecule has 0 fully saturated rings. The van der Waals surface area contributed by atoms with Crippen molar-refractivity contribution in [2.75, 3.05) is 37.9 Å². The van der Waals surface area contributed by atoms with Crippen molar-refractivity contribution in [2.24, 2.45) is 11.8 Å². The number of ether oxygens (including phenoxy) is 1. The summed E-state index contributed by atoms with van der Waals surface area (Å²) in [6, 6.07) is 0. The van der Waals surface area contributed by atoms with Gasteiger partial charge in [-0.05, 0) is 11.8 Å². The van der Waals surface area contributed by atoms with Gasteiger partial charge in [0, 0.05) is 20.2 Å². The lowest BCUT2D eigenvalue weighted by atomic mass is 10.2. The van der Waals surface area contributed by atoms with E-state index in [0.717, 1.165) is 6.54 Å². The average Bonchev–Trinajstić information content (AvgIpc) is 2.75. The quantitative estimate of drug-likeness (QED) is 0.681. The van der Waals surface area contributed by atoms with Crippen LogP contribution in [0.4, 0.5) is 10.9 Å². The van der Waals surface area contributed by atoms with Crippen molar-refractivity contribution >= 4 is 28.2 Å². The molecule has 0 saturated carbocycles. The number of carbonyl (C=O) groups is 1. The van der Waals surface area contributed by atoms with Gasteiger partial charge in [-0.15, -0.1) is 0 Å². The highest BCUT2D eigenvalue weighted by atomic mass is 32.1. The molecule has 114 valence electrons. The van der Waals surface area contributed by atoms with Crippen LogP contribution in [0, 0.1) is 11.8 Å². The topological polar surface area (TPSA) is 89.3 Å². The molecule has 0 aliphatic carbocycles. The predicted octanol–water partition coefficient (Wildman–Crippen LogP) is 1.81. The zero-order valence-electron chi connectivity index (χ0n) is 12.5. The van der Waals surface area contributed by atoms with Crippen LogP contribution in [0.15, 0.2) is 0 Å². The number of amides is 1. The molecule has 0 saturated heterocycles. The van der Waals surface area contributed by atoms with Crippen molar-refractivity contribution in [1.82, 2.24) is 10.3 Å². The van der Waals surface area contributed by atoms with E-state index in [0.29, 0.717) is 29.1 Å². The van der Waals surface area contributed by atoms with Crippen molar-refractivity contribution in [2.45, 2.75) is 20.8 Å². The maximum atomic E-state index is 12.0. The van der Waals surface area contributed by atoms with E-state index in [9.17, 15) is 4.79 Å². The van der Waals surface area contributed by atoms with E-state index in [1.807, 2.05) is 6.92 Å². The molecule has 0 aliphatic heterocycles. The maximum absolute atomic E-state index is 12.0. The number of thiazole rings is 1. The summed E-state index contributed by atoms with van der Waals surface area (Å²) in [7, 11) is 1.65. The van der Waals surface area contributed by atoms with Crippen LogP contribution in [0.2, 0.25) is 0 Å². The third-order valence-electron chi connectivity index (χ3n) is 2.58. The van der Waals surface area contributed by atoms with E-state index in [-0.39, 0.29) is 17.6 Å². The molecule has 7 heteroatoms. The molecule has 0 radical (unpaired) electrons. The lowest BCUT2D eigenvalue weighted by molar-refractivity contribution is 0.0939. The molecule has 0 bridgehead atoms. The summed E-state index contributed by atoms with van der Waals surface area (Å²) in [5.74, 6) is 0.864. The highest BCUT2D eigenvalue weighted by Gasteiger charge is 2.16. The van der Waals surface area contributed by atoms with E-state index in [4.69, 9.17) is 10.5 Å². The maximum Gasteiger partial charge on any atom is 0.265 e. The number of carbonyl (C=O) groups excluding carboxylic acids is 1. The summed E-state index contributed by atoms with van der Waals surface area (Å²) in [5, 5.41) is 6.71. The van der Waals surface area contributed by atoms with Gasteiger partial charge in [-0.3, -0.25) is 4.79 Å². The number of nitrogen functional groups attached to an aromatic ring is 1. The predicted molar refractivity (Wildman–Crippen MR) is 83.2 cm³/mol. The molecule has 1 unspecified atom stereocenters. The fourth-order valence-corrected chi connectivity index (χ4v) is 2.36. The minimum absolute atomic E-state index is 0.180. The smallest absolute Gasteiger partial charge is 0.265 e. The second-order valence-corrected chi connectivity index (χ2v) is 6.28. The number of nitrogens with one attached hydrogen (secondary N) is 2. The highest BCUT2D eigenvalue weighted by Crippen LogP contribution is 2.24. The fourth-order valence-electron chi connectivity index (χ4n) is 1.55. The third kappa shape index (κ3) is 5.34. The molecule has 0 spiro atoms. The van der Waals surface area contributed by atoms with Gasteiger partial charge in [0.1, 0.15) is 10.7 Å². The molecule has 1 aromatic rings. The highest BCUT2D eigenvalue weighted by molar-refractivity contribution is 7.18. The number of nitrogens with two attached hydrogens (primary N) is 1. The Hall–Kier alpha value is -1.34. The number of hydrogen-bond acceptors (Lipinski definition) is 6. The molecule has 0 aliphatic rings. The minimum atomic E-state index is -0.180. The van der Waals surface area contributed by atoms with Crippen LogP contribution < -0.4 is 16.4 Å². The molecule has 1 aromatic heterocycles. The average molecular weight is 300 g/mol. The number of aromatic nitrogens is 1. The number of hydrogen-bond donors (Lipinski definition) is 3. The van der Waals surface area contributed by atoms with Gasteiger partial charge in [0.25, 0.3) is 5.91 Å². The Balaban J connectivity index is 2.55. The molecule has 6 nitrogen and oxygen atoms in total. The van der Waals surface area contributed by atoms with Crippen LogP contribution >= 0.6 is 11.3 Å². The van der Waals surface area contributed by atoms with Gasteiger partial charge in [-0.1, -0.05) is 32.1 Å². The first-order valence-corrected chi connectivity index (χ1v) is 7.53. The van der Waals surface area contributed by atoms with Gasteiger partial charge >= 0.3 is 0 Å². The number of methoxy groups -OCH3 is 1. The van der Waals surface area contributed by atoms with Crippen molar-refractivity contribution in [3.05, 3.63) is 4.88 Å². The van der Waals surface area contributed by atoms with Crippen LogP contribution in [0.5, 0.6) is 0 Å². The van der Waals surface area contributed by atoms with E-state index in [1.165, 1.54) is 11.3 Å². The summed E-state index contributed by atoms with van der Waals surface area (Å²) in [4.78, 5) is 16.7. The summed E-state index contributed by atoms with van der Waals surface area (Å²) in [5.41, 5.74) is 5.79. The molecule has 1 rings (SSSR count). The summed E-state index contributed by atoms with van der Waals surface area (Å²) >= 11 is 1.28. The number of nitrogens with zero attached hydrogens (tertiary/aromatic N) is 1. The zero-order valence-corrected chi connectivity index (χ0v) is 13.3. The normalized spacial score (nSPS) is 12.4. The Morgan fingerprint density at radius 1 is 1.40 bits per heavy atom. The first kappa shape index (κ1) is 16.7. The molecular formula is C13H24N4O2S. The Labute approximate surface area is 124 Å². The second-order valence-electron chi connectivity index (χ2n) is 5.28. The van der Waals surface area contributed by atoms with Crippen molar-refractivity contribution in [1.29, 1.82) is 0 Å². The molecule has 1 heterocycles. The standard InChI is InChI=1S/C13H24N4O2S/c1-8(2)5-16-13-17-11(14)10(20-13)12(18)15-6-9(3)7-19-4/h8-9H,5-7,14H2,1-4H3,(H,15,18)(H,16,17). The van der Waals surface area contributed by atoms with Crippen LogP contribution in [-0.4, -0.2) is 37.7 Å². The first-order valence-electron chi connectivity index (χ1n) is 6.71. The van der Waals surface area contributed by atoms with Gasteiger partial charge in [0.05, 0.1) is 6.61 Å². The monoisotopic (exact) mass is 300 g/mol. The van der Waals surface area contributed by atoms with Gasteiger partial charge in [-0.25, -0.2) is 4.98 Å². The largest absolute Gasteiger partial charge is 0.384 e. The first-order chi connectivity index (χ1) is 9.43. The lowest BCUT2D eigenvalue weighted by Gasteiger charge is -2.10. The van der Waals surface area contributed by atoms with E-state index < -0.39 is 0 Å². The number of anilines is 2. The summed E-state index contributed by atoms with van der Waals surface area (Å²) in [6.45, 7) is 8.19. The lowest BCUT2D eigenvalue weighted by Crippen LogP contribution is -2.29. The summed E-state index contributed by atoms with van der Waals surface area (Å²) < 4.78 is 5.03. The fraction of sp³-hybridized carbons (Fsp3) is 0.692. The van der Waals surface area contributed by atoms with Crippen LogP contribution in [0.25, 0.3) is 0 Å². The SMILES string of the molecule is COCC(C)CNC(=O)c1sc(NCC(C)C)nc1N. The van der Waals surface area contributed by atoms with Gasteiger partial charge in [0.2, 0.25) is 0 Å². The molecule has 0 aromatic carbocycles. The Bertz CT molecular complexity index is 434. The summed E-state index contributed by atoms with van der Waals surface area (Å²) in [6.07, 6.45) is 0. The van der Waals surface area contributed by atoms with Crippen molar-refractivity contribution in [3.8, 4) is 0 Å².